The van der Waals surface area contributed by atoms with E-state index in [9.17, 15) is 14.3 Å². The molecule has 1 aromatic rings. The largest absolute Gasteiger partial charge is 0.493 e. The Bertz CT molecular complexity index is 747. The minimum Gasteiger partial charge on any atom is -0.493 e. The molecule has 0 bridgehead atoms. The van der Waals surface area contributed by atoms with Gasteiger partial charge in [0.15, 0.2) is 0 Å². The fourth-order valence-corrected chi connectivity index (χ4v) is 4.03. The Morgan fingerprint density at radius 2 is 2.10 bits per heavy atom. The van der Waals surface area contributed by atoms with Gasteiger partial charge in [-0.2, -0.15) is 0 Å². The standard InChI is InChI=1S/C23H33FN2O4/c1-26-10-8-16(9-11-26)15-30-20-6-7-21(22(24)12-20)17-2-4-18(5-3-17)23(29)25-13-19(28)14-27/h2,6-7,12,16,18-19,27-28H,3-5,8-11,13-15H2,1H3,(H,25,29). The molecule has 7 heteroatoms. The second kappa shape index (κ2) is 10.9. The van der Waals surface area contributed by atoms with E-state index in [1.54, 1.807) is 6.07 Å². The Kier molecular flexibility index (Phi) is 8.24. The first-order valence-corrected chi connectivity index (χ1v) is 10.8. The summed E-state index contributed by atoms with van der Waals surface area (Å²) in [5, 5.41) is 20.8. The highest BCUT2D eigenvalue weighted by Gasteiger charge is 2.24. The van der Waals surface area contributed by atoms with Crippen molar-refractivity contribution in [3.8, 4) is 5.75 Å². The number of amides is 1. The predicted octanol–water partition coefficient (Wildman–Crippen LogP) is 2.20. The molecule has 2 unspecified atom stereocenters. The van der Waals surface area contributed by atoms with Gasteiger partial charge in [0.2, 0.25) is 5.91 Å². The van der Waals surface area contributed by atoms with E-state index >= 15 is 0 Å². The number of aliphatic hydroxyl groups excluding tert-OH is 2. The zero-order valence-corrected chi connectivity index (χ0v) is 17.6. The molecule has 0 aromatic heterocycles. The van der Waals surface area contributed by atoms with Crippen molar-refractivity contribution in [3.63, 3.8) is 0 Å². The van der Waals surface area contributed by atoms with Gasteiger partial charge in [-0.3, -0.25) is 4.79 Å². The fourth-order valence-electron chi connectivity index (χ4n) is 4.03. The van der Waals surface area contributed by atoms with Crippen molar-refractivity contribution in [2.45, 2.75) is 38.2 Å². The van der Waals surface area contributed by atoms with Crippen LogP contribution in [0.25, 0.3) is 5.57 Å². The maximum Gasteiger partial charge on any atom is 0.223 e. The average molecular weight is 421 g/mol. The molecule has 2 aliphatic rings. The lowest BCUT2D eigenvalue weighted by Crippen LogP contribution is -2.38. The molecule has 1 heterocycles. The monoisotopic (exact) mass is 420 g/mol. The number of hydrogen-bond donors (Lipinski definition) is 3. The number of carbonyl (C=O) groups is 1. The predicted molar refractivity (Wildman–Crippen MR) is 114 cm³/mol. The third-order valence-corrected chi connectivity index (χ3v) is 6.11. The number of benzene rings is 1. The van der Waals surface area contributed by atoms with Crippen molar-refractivity contribution in [2.24, 2.45) is 11.8 Å². The van der Waals surface area contributed by atoms with Crippen LogP contribution in [0.4, 0.5) is 4.39 Å². The molecule has 30 heavy (non-hydrogen) atoms. The van der Waals surface area contributed by atoms with Crippen LogP contribution in [0.3, 0.4) is 0 Å². The summed E-state index contributed by atoms with van der Waals surface area (Å²) in [5.41, 5.74) is 1.48. The van der Waals surface area contributed by atoms with E-state index in [2.05, 4.69) is 17.3 Å². The summed E-state index contributed by atoms with van der Waals surface area (Å²) in [7, 11) is 2.13. The normalized spacial score (nSPS) is 21.7. The van der Waals surface area contributed by atoms with Gasteiger partial charge < -0.3 is 25.2 Å². The van der Waals surface area contributed by atoms with Gasteiger partial charge in [-0.1, -0.05) is 6.08 Å². The van der Waals surface area contributed by atoms with Gasteiger partial charge in [-0.25, -0.2) is 4.39 Å². The number of piperidine rings is 1. The van der Waals surface area contributed by atoms with Crippen LogP contribution in [0.15, 0.2) is 24.3 Å². The highest BCUT2D eigenvalue weighted by molar-refractivity contribution is 5.80. The van der Waals surface area contributed by atoms with Crippen LogP contribution >= 0.6 is 0 Å². The molecule has 2 atom stereocenters. The molecule has 1 aliphatic heterocycles. The van der Waals surface area contributed by atoms with Crippen molar-refractivity contribution in [2.75, 3.05) is 39.9 Å². The molecular formula is C23H33FN2O4. The number of rotatable bonds is 8. The smallest absolute Gasteiger partial charge is 0.223 e. The lowest BCUT2D eigenvalue weighted by atomic mass is 9.86. The average Bonchev–Trinajstić information content (AvgIpc) is 2.77. The van der Waals surface area contributed by atoms with E-state index in [4.69, 9.17) is 9.84 Å². The molecule has 3 rings (SSSR count). The molecule has 0 spiro atoms. The number of ether oxygens (including phenoxy) is 1. The van der Waals surface area contributed by atoms with E-state index in [0.29, 0.717) is 43.1 Å². The molecule has 166 valence electrons. The Hall–Kier alpha value is -1.96. The summed E-state index contributed by atoms with van der Waals surface area (Å²) in [6.45, 7) is 2.44. The summed E-state index contributed by atoms with van der Waals surface area (Å²) in [6.07, 6.45) is 4.97. The second-order valence-corrected chi connectivity index (χ2v) is 8.48. The van der Waals surface area contributed by atoms with E-state index in [1.165, 1.54) is 6.07 Å². The number of aliphatic hydroxyl groups is 2. The summed E-state index contributed by atoms with van der Waals surface area (Å²) in [4.78, 5) is 14.5. The molecule has 0 saturated carbocycles. The summed E-state index contributed by atoms with van der Waals surface area (Å²) < 4.78 is 20.5. The van der Waals surface area contributed by atoms with Crippen LogP contribution in [-0.2, 0) is 4.79 Å². The van der Waals surface area contributed by atoms with Crippen LogP contribution in [-0.4, -0.2) is 67.0 Å². The molecule has 0 radical (unpaired) electrons. The van der Waals surface area contributed by atoms with Crippen molar-refractivity contribution in [1.29, 1.82) is 0 Å². The molecule has 1 amide bonds. The van der Waals surface area contributed by atoms with Crippen LogP contribution in [0.1, 0.15) is 37.7 Å². The third kappa shape index (κ3) is 6.27. The highest BCUT2D eigenvalue weighted by Crippen LogP contribution is 2.33. The van der Waals surface area contributed by atoms with Crippen LogP contribution in [0.5, 0.6) is 5.75 Å². The number of halogens is 1. The van der Waals surface area contributed by atoms with Gasteiger partial charge in [0.25, 0.3) is 0 Å². The fraction of sp³-hybridized carbons (Fsp3) is 0.609. The third-order valence-electron chi connectivity index (χ3n) is 6.11. The van der Waals surface area contributed by atoms with Gasteiger partial charge in [-0.05, 0) is 75.9 Å². The van der Waals surface area contributed by atoms with E-state index < -0.39 is 6.10 Å². The van der Waals surface area contributed by atoms with Crippen LogP contribution in [0, 0.1) is 17.7 Å². The van der Waals surface area contributed by atoms with E-state index in [0.717, 1.165) is 31.5 Å². The highest BCUT2D eigenvalue weighted by atomic mass is 19.1. The lowest BCUT2D eigenvalue weighted by molar-refractivity contribution is -0.125. The van der Waals surface area contributed by atoms with Crippen molar-refractivity contribution >= 4 is 11.5 Å². The Balaban J connectivity index is 1.51. The molecule has 1 aliphatic carbocycles. The lowest BCUT2D eigenvalue weighted by Gasteiger charge is -2.28. The Morgan fingerprint density at radius 3 is 2.73 bits per heavy atom. The molecule has 3 N–H and O–H groups in total. The number of nitrogens with one attached hydrogen (secondary N) is 1. The minimum atomic E-state index is -0.946. The minimum absolute atomic E-state index is 0.0378. The zero-order valence-electron chi connectivity index (χ0n) is 17.6. The van der Waals surface area contributed by atoms with Gasteiger partial charge in [-0.15, -0.1) is 0 Å². The summed E-state index contributed by atoms with van der Waals surface area (Å²) >= 11 is 0. The Labute approximate surface area is 177 Å². The number of hydrogen-bond acceptors (Lipinski definition) is 5. The SMILES string of the molecule is CN1CCC(COc2ccc(C3=CCC(C(=O)NCC(O)CO)CC3)c(F)c2)CC1. The van der Waals surface area contributed by atoms with Crippen LogP contribution < -0.4 is 10.1 Å². The summed E-state index contributed by atoms with van der Waals surface area (Å²) in [6, 6.07) is 5.05. The molecular weight excluding hydrogens is 387 g/mol. The maximum absolute atomic E-state index is 14.7. The van der Waals surface area contributed by atoms with Gasteiger partial charge >= 0.3 is 0 Å². The molecule has 1 aromatic carbocycles. The first-order valence-electron chi connectivity index (χ1n) is 10.8. The zero-order chi connectivity index (χ0) is 21.5. The number of carbonyl (C=O) groups excluding carboxylic acids is 1. The van der Waals surface area contributed by atoms with Gasteiger partial charge in [0.05, 0.1) is 19.3 Å². The quantitative estimate of drug-likeness (QED) is 0.601. The maximum atomic E-state index is 14.7. The van der Waals surface area contributed by atoms with Gasteiger partial charge in [0.1, 0.15) is 11.6 Å². The van der Waals surface area contributed by atoms with Gasteiger partial charge in [0, 0.05) is 24.1 Å². The number of nitrogens with zero attached hydrogens (tertiary/aromatic N) is 1. The second-order valence-electron chi connectivity index (χ2n) is 8.48. The van der Waals surface area contributed by atoms with Crippen LogP contribution in [0.2, 0.25) is 0 Å². The van der Waals surface area contributed by atoms with E-state index in [-0.39, 0.29) is 30.8 Å². The van der Waals surface area contributed by atoms with E-state index in [1.807, 2.05) is 12.1 Å². The van der Waals surface area contributed by atoms with Crippen molar-refractivity contribution in [1.82, 2.24) is 10.2 Å². The first kappa shape index (κ1) is 22.7. The molecule has 1 saturated heterocycles. The van der Waals surface area contributed by atoms with Crippen molar-refractivity contribution in [3.05, 3.63) is 35.7 Å². The molecule has 6 nitrogen and oxygen atoms in total. The van der Waals surface area contributed by atoms with Crippen molar-refractivity contribution < 1.29 is 24.1 Å². The Morgan fingerprint density at radius 1 is 1.33 bits per heavy atom. The first-order chi connectivity index (χ1) is 14.5. The summed E-state index contributed by atoms with van der Waals surface area (Å²) in [5.74, 6) is 0.449. The number of allylic oxidation sites excluding steroid dienone is 2. The topological polar surface area (TPSA) is 82.0 Å². The number of likely N-dealkylation sites (tertiary alicyclic amines) is 1. The molecule has 1 fully saturated rings.